The van der Waals surface area contributed by atoms with Crippen LogP contribution in [0.3, 0.4) is 0 Å². The third-order valence-electron chi connectivity index (χ3n) is 2.36. The van der Waals surface area contributed by atoms with Crippen LogP contribution in [0.25, 0.3) is 0 Å². The molecule has 2 rings (SSSR count). The van der Waals surface area contributed by atoms with E-state index in [1.54, 1.807) is 12.3 Å². The summed E-state index contributed by atoms with van der Waals surface area (Å²) in [7, 11) is -1.61. The quantitative estimate of drug-likeness (QED) is 0.851. The molecule has 0 radical (unpaired) electrons. The van der Waals surface area contributed by atoms with Gasteiger partial charge in [-0.2, -0.15) is 0 Å². The van der Waals surface area contributed by atoms with Crippen LogP contribution in [0.4, 0.5) is 0 Å². The maximum Gasteiger partial charge on any atom is 0.250 e. The highest BCUT2D eigenvalue weighted by molar-refractivity contribution is 7.91. The Labute approximate surface area is 120 Å². The maximum absolute atomic E-state index is 12.1. The standard InChI is InChI=1S/C11H15N3O2S3/c1-8-4-13-10(18-8)6-14-19(15,16)11-3-9(5-12-2)7-17-11/h3-4,7,12,14H,5-6H2,1-2H3. The van der Waals surface area contributed by atoms with Gasteiger partial charge in [-0.05, 0) is 31.0 Å². The average molecular weight is 317 g/mol. The molecule has 0 saturated heterocycles. The summed E-state index contributed by atoms with van der Waals surface area (Å²) >= 11 is 2.72. The Morgan fingerprint density at radius 3 is 2.79 bits per heavy atom. The monoisotopic (exact) mass is 317 g/mol. The second-order valence-corrected chi connectivity index (χ2v) is 8.22. The lowest BCUT2D eigenvalue weighted by Crippen LogP contribution is -2.22. The Morgan fingerprint density at radius 1 is 1.37 bits per heavy atom. The van der Waals surface area contributed by atoms with E-state index in [-0.39, 0.29) is 6.54 Å². The molecule has 8 heteroatoms. The molecule has 0 aliphatic heterocycles. The van der Waals surface area contributed by atoms with Gasteiger partial charge in [0.25, 0.3) is 0 Å². The topological polar surface area (TPSA) is 71.1 Å². The Kier molecular flexibility index (Phi) is 4.69. The molecule has 0 amide bonds. The number of sulfonamides is 1. The van der Waals surface area contributed by atoms with Gasteiger partial charge in [0, 0.05) is 17.6 Å². The van der Waals surface area contributed by atoms with E-state index < -0.39 is 10.0 Å². The van der Waals surface area contributed by atoms with E-state index in [1.165, 1.54) is 22.7 Å². The molecule has 0 saturated carbocycles. The minimum absolute atomic E-state index is 0.236. The summed E-state index contributed by atoms with van der Waals surface area (Å²) in [6, 6.07) is 1.69. The molecule has 2 aromatic rings. The molecule has 5 nitrogen and oxygen atoms in total. The average Bonchev–Trinajstić information content (AvgIpc) is 2.97. The summed E-state index contributed by atoms with van der Waals surface area (Å²) in [5, 5.41) is 5.61. The largest absolute Gasteiger partial charge is 0.316 e. The van der Waals surface area contributed by atoms with Crippen LogP contribution in [-0.4, -0.2) is 20.4 Å². The number of hydrogen-bond donors (Lipinski definition) is 2. The highest BCUT2D eigenvalue weighted by atomic mass is 32.2. The van der Waals surface area contributed by atoms with Gasteiger partial charge in [0.2, 0.25) is 10.0 Å². The molecule has 0 bridgehead atoms. The summed E-state index contributed by atoms with van der Waals surface area (Å²) in [6.45, 7) is 2.84. The SMILES string of the molecule is CNCc1csc(S(=O)(=O)NCc2ncc(C)s2)c1. The zero-order valence-corrected chi connectivity index (χ0v) is 13.1. The molecular weight excluding hydrogens is 302 g/mol. The van der Waals surface area contributed by atoms with Gasteiger partial charge in [0.1, 0.15) is 9.22 Å². The smallest absolute Gasteiger partial charge is 0.250 e. The van der Waals surface area contributed by atoms with Crippen LogP contribution < -0.4 is 10.0 Å². The zero-order chi connectivity index (χ0) is 13.9. The van der Waals surface area contributed by atoms with Crippen LogP contribution >= 0.6 is 22.7 Å². The summed E-state index contributed by atoms with van der Waals surface area (Å²) in [5.41, 5.74) is 0.970. The van der Waals surface area contributed by atoms with Gasteiger partial charge >= 0.3 is 0 Å². The number of rotatable bonds is 6. The predicted octanol–water partition coefficient (Wildman–Crippen LogP) is 1.71. The molecule has 2 aromatic heterocycles. The van der Waals surface area contributed by atoms with Crippen molar-refractivity contribution in [2.45, 2.75) is 24.2 Å². The number of thiophene rings is 1. The summed E-state index contributed by atoms with van der Waals surface area (Å²) < 4.78 is 27.1. The van der Waals surface area contributed by atoms with E-state index in [2.05, 4.69) is 15.0 Å². The fraction of sp³-hybridized carbons (Fsp3) is 0.364. The maximum atomic E-state index is 12.1. The van der Waals surface area contributed by atoms with Gasteiger partial charge in [0.05, 0.1) is 6.54 Å². The third-order valence-corrected chi connectivity index (χ3v) is 6.16. The van der Waals surface area contributed by atoms with Crippen molar-refractivity contribution in [3.8, 4) is 0 Å². The normalized spacial score (nSPS) is 11.9. The lowest BCUT2D eigenvalue weighted by atomic mass is 10.3. The number of aryl methyl sites for hydroxylation is 1. The first-order chi connectivity index (χ1) is 9.01. The molecule has 104 valence electrons. The van der Waals surface area contributed by atoms with E-state index in [0.717, 1.165) is 15.4 Å². The van der Waals surface area contributed by atoms with Crippen LogP contribution in [0.1, 0.15) is 15.4 Å². The van der Waals surface area contributed by atoms with Gasteiger partial charge < -0.3 is 5.32 Å². The van der Waals surface area contributed by atoms with Gasteiger partial charge in [-0.1, -0.05) is 0 Å². The van der Waals surface area contributed by atoms with Gasteiger partial charge in [0.15, 0.2) is 0 Å². The summed E-state index contributed by atoms with van der Waals surface area (Å²) in [6.07, 6.45) is 1.74. The van der Waals surface area contributed by atoms with E-state index in [0.29, 0.717) is 10.8 Å². The van der Waals surface area contributed by atoms with Crippen molar-refractivity contribution >= 4 is 32.7 Å². The third kappa shape index (κ3) is 3.83. The van der Waals surface area contributed by atoms with E-state index in [9.17, 15) is 8.42 Å². The van der Waals surface area contributed by atoms with Crippen molar-refractivity contribution in [1.29, 1.82) is 0 Å². The minimum Gasteiger partial charge on any atom is -0.316 e. The molecule has 2 N–H and O–H groups in total. The minimum atomic E-state index is -3.44. The fourth-order valence-corrected chi connectivity index (χ4v) is 4.56. The molecule has 0 aromatic carbocycles. The molecule has 0 spiro atoms. The van der Waals surface area contributed by atoms with Crippen molar-refractivity contribution in [2.75, 3.05) is 7.05 Å². The molecule has 0 aliphatic carbocycles. The highest BCUT2D eigenvalue weighted by Crippen LogP contribution is 2.20. The van der Waals surface area contributed by atoms with Crippen molar-refractivity contribution < 1.29 is 8.42 Å². The van der Waals surface area contributed by atoms with Gasteiger partial charge in [-0.15, -0.1) is 22.7 Å². The molecule has 2 heterocycles. The number of nitrogens with one attached hydrogen (secondary N) is 2. The van der Waals surface area contributed by atoms with Gasteiger partial charge in [-0.25, -0.2) is 18.1 Å². The Morgan fingerprint density at radius 2 is 2.16 bits per heavy atom. The number of aromatic nitrogens is 1. The zero-order valence-electron chi connectivity index (χ0n) is 10.6. The first-order valence-corrected chi connectivity index (χ1v) is 8.82. The van der Waals surface area contributed by atoms with Crippen molar-refractivity contribution in [3.63, 3.8) is 0 Å². The fourth-order valence-electron chi connectivity index (χ4n) is 1.50. The van der Waals surface area contributed by atoms with Crippen LogP contribution in [0.5, 0.6) is 0 Å². The second kappa shape index (κ2) is 6.10. The lowest BCUT2D eigenvalue weighted by Gasteiger charge is -2.02. The lowest BCUT2D eigenvalue weighted by molar-refractivity contribution is 0.583. The van der Waals surface area contributed by atoms with Crippen LogP contribution in [-0.2, 0) is 23.1 Å². The van der Waals surface area contributed by atoms with Crippen molar-refractivity contribution in [3.05, 3.63) is 33.1 Å². The number of hydrogen-bond acceptors (Lipinski definition) is 6. The molecule has 0 atom stereocenters. The molecular formula is C11H15N3O2S3. The van der Waals surface area contributed by atoms with E-state index in [4.69, 9.17) is 0 Å². The first-order valence-electron chi connectivity index (χ1n) is 5.64. The Bertz CT molecular complexity index is 646. The molecule has 19 heavy (non-hydrogen) atoms. The number of nitrogens with zero attached hydrogens (tertiary/aromatic N) is 1. The Hall–Kier alpha value is -0.800. The molecule has 0 fully saturated rings. The van der Waals surface area contributed by atoms with Crippen LogP contribution in [0.2, 0.25) is 0 Å². The summed E-state index contributed by atoms with van der Waals surface area (Å²) in [5.74, 6) is 0. The molecule has 0 aliphatic rings. The van der Waals surface area contributed by atoms with E-state index >= 15 is 0 Å². The van der Waals surface area contributed by atoms with Crippen molar-refractivity contribution in [1.82, 2.24) is 15.0 Å². The first kappa shape index (κ1) is 14.6. The molecule has 0 unspecified atom stereocenters. The predicted molar refractivity (Wildman–Crippen MR) is 78.0 cm³/mol. The highest BCUT2D eigenvalue weighted by Gasteiger charge is 2.17. The number of thiazole rings is 1. The summed E-state index contributed by atoms with van der Waals surface area (Å²) in [4.78, 5) is 5.20. The van der Waals surface area contributed by atoms with Gasteiger partial charge in [-0.3, -0.25) is 0 Å². The van der Waals surface area contributed by atoms with E-state index in [1.807, 2.05) is 19.4 Å². The van der Waals surface area contributed by atoms with Crippen LogP contribution in [0.15, 0.2) is 21.9 Å². The van der Waals surface area contributed by atoms with Crippen molar-refractivity contribution in [2.24, 2.45) is 0 Å². The Balaban J connectivity index is 2.04. The second-order valence-electron chi connectivity index (χ2n) is 3.99. The van der Waals surface area contributed by atoms with Crippen LogP contribution in [0, 0.1) is 6.92 Å².